The molecule has 0 bridgehead atoms. The maximum Gasteiger partial charge on any atom is 0.225 e. The Kier molecular flexibility index (Phi) is 6.99. The second-order valence-corrected chi connectivity index (χ2v) is 9.67. The standard InChI is InChI=1S/C25H31F2N7O2/c1-15(2)29-24-28-14-20-22(32-24)34(25(30-20)31-21-18(26)4-3-5-19(21)27)17-8-6-16(7-9-17)23(35)33-10-12-36-13-11-33/h3-5,14-17H,6-13H2,1-2H3,(H,30,31)(H,28,29,32)/t16-,17+. The molecule has 9 nitrogen and oxygen atoms in total. The molecule has 11 heteroatoms. The Morgan fingerprint density at radius 2 is 1.78 bits per heavy atom. The summed E-state index contributed by atoms with van der Waals surface area (Å²) in [6.07, 6.45) is 4.49. The molecule has 0 spiro atoms. The van der Waals surface area contributed by atoms with E-state index in [0.717, 1.165) is 25.7 Å². The number of aromatic nitrogens is 4. The molecule has 3 aromatic rings. The lowest BCUT2D eigenvalue weighted by Crippen LogP contribution is -2.44. The molecule has 2 fully saturated rings. The van der Waals surface area contributed by atoms with Crippen molar-refractivity contribution in [2.45, 2.75) is 51.6 Å². The van der Waals surface area contributed by atoms with E-state index in [4.69, 9.17) is 4.74 Å². The van der Waals surface area contributed by atoms with Crippen molar-refractivity contribution in [1.82, 2.24) is 24.4 Å². The quantitative estimate of drug-likeness (QED) is 0.523. The van der Waals surface area contributed by atoms with Crippen LogP contribution in [0.15, 0.2) is 24.4 Å². The van der Waals surface area contributed by atoms with Crippen molar-refractivity contribution in [3.05, 3.63) is 36.0 Å². The zero-order valence-electron chi connectivity index (χ0n) is 20.5. The number of nitrogens with one attached hydrogen (secondary N) is 2. The number of rotatable bonds is 6. The Morgan fingerprint density at radius 3 is 2.44 bits per heavy atom. The van der Waals surface area contributed by atoms with Crippen molar-refractivity contribution < 1.29 is 18.3 Å². The molecular weight excluding hydrogens is 468 g/mol. The normalized spacial score (nSPS) is 20.6. The van der Waals surface area contributed by atoms with Crippen LogP contribution in [0.2, 0.25) is 0 Å². The predicted octanol–water partition coefficient (Wildman–Crippen LogP) is 4.26. The van der Waals surface area contributed by atoms with Crippen molar-refractivity contribution in [3.63, 3.8) is 0 Å². The zero-order valence-corrected chi connectivity index (χ0v) is 20.5. The molecule has 0 radical (unpaired) electrons. The van der Waals surface area contributed by atoms with Gasteiger partial charge in [0.1, 0.15) is 22.8 Å². The van der Waals surface area contributed by atoms with Crippen LogP contribution in [0.1, 0.15) is 45.6 Å². The molecule has 1 aliphatic carbocycles. The van der Waals surface area contributed by atoms with E-state index in [2.05, 4.69) is 25.6 Å². The van der Waals surface area contributed by atoms with Crippen molar-refractivity contribution in [3.8, 4) is 0 Å². The van der Waals surface area contributed by atoms with Crippen LogP contribution in [0.4, 0.5) is 26.4 Å². The second kappa shape index (κ2) is 10.3. The van der Waals surface area contributed by atoms with Crippen LogP contribution in [0.25, 0.3) is 11.2 Å². The number of ether oxygens (including phenoxy) is 1. The van der Waals surface area contributed by atoms with Gasteiger partial charge in [0.15, 0.2) is 5.65 Å². The van der Waals surface area contributed by atoms with E-state index in [1.54, 1.807) is 6.20 Å². The first kappa shape index (κ1) is 24.4. The average molecular weight is 500 g/mol. The topological polar surface area (TPSA) is 97.2 Å². The number of hydrogen-bond donors (Lipinski definition) is 2. The number of halogens is 2. The second-order valence-electron chi connectivity index (χ2n) is 9.67. The molecule has 0 atom stereocenters. The van der Waals surface area contributed by atoms with Crippen molar-refractivity contribution in [2.75, 3.05) is 36.9 Å². The van der Waals surface area contributed by atoms with Gasteiger partial charge in [0.25, 0.3) is 0 Å². The van der Waals surface area contributed by atoms with E-state index in [9.17, 15) is 13.6 Å². The van der Waals surface area contributed by atoms with Crippen molar-refractivity contribution >= 4 is 34.7 Å². The summed E-state index contributed by atoms with van der Waals surface area (Å²) in [7, 11) is 0. The summed E-state index contributed by atoms with van der Waals surface area (Å²) in [6.45, 7) is 6.41. The molecule has 2 aromatic heterocycles. The van der Waals surface area contributed by atoms with E-state index >= 15 is 0 Å². The van der Waals surface area contributed by atoms with Crippen LogP contribution in [0, 0.1) is 17.6 Å². The fraction of sp³-hybridized carbons (Fsp3) is 0.520. The van der Waals surface area contributed by atoms with Crippen molar-refractivity contribution in [2.24, 2.45) is 5.92 Å². The molecule has 1 amide bonds. The zero-order chi connectivity index (χ0) is 25.2. The average Bonchev–Trinajstić information content (AvgIpc) is 3.23. The number of fused-ring (bicyclic) bond motifs is 1. The van der Waals surface area contributed by atoms with E-state index in [-0.39, 0.29) is 29.6 Å². The maximum atomic E-state index is 14.5. The number of carbonyl (C=O) groups excluding carboxylic acids is 1. The summed E-state index contributed by atoms with van der Waals surface area (Å²) in [6, 6.07) is 3.81. The molecular formula is C25H31F2N7O2. The minimum atomic E-state index is -0.707. The van der Waals surface area contributed by atoms with Gasteiger partial charge in [0.05, 0.1) is 19.4 Å². The fourth-order valence-electron chi connectivity index (χ4n) is 5.00. The molecule has 2 aliphatic rings. The van der Waals surface area contributed by atoms with E-state index in [0.29, 0.717) is 49.4 Å². The number of hydrogen-bond acceptors (Lipinski definition) is 7. The van der Waals surface area contributed by atoms with Crippen LogP contribution >= 0.6 is 0 Å². The number of anilines is 3. The molecule has 1 saturated carbocycles. The van der Waals surface area contributed by atoms with Crippen molar-refractivity contribution in [1.29, 1.82) is 0 Å². The van der Waals surface area contributed by atoms with Gasteiger partial charge in [-0.25, -0.2) is 18.7 Å². The first-order chi connectivity index (χ1) is 17.4. The lowest BCUT2D eigenvalue weighted by Gasteiger charge is -2.34. The molecule has 3 heterocycles. The third-order valence-corrected chi connectivity index (χ3v) is 6.78. The first-order valence-corrected chi connectivity index (χ1v) is 12.5. The summed E-state index contributed by atoms with van der Waals surface area (Å²) < 4.78 is 36.2. The van der Waals surface area contributed by atoms with Gasteiger partial charge in [0, 0.05) is 31.1 Å². The molecule has 2 N–H and O–H groups in total. The summed E-state index contributed by atoms with van der Waals surface area (Å²) >= 11 is 0. The predicted molar refractivity (Wildman–Crippen MR) is 132 cm³/mol. The Bertz CT molecular complexity index is 1210. The molecule has 36 heavy (non-hydrogen) atoms. The number of para-hydroxylation sites is 1. The first-order valence-electron chi connectivity index (χ1n) is 12.5. The number of amides is 1. The molecule has 5 rings (SSSR count). The third kappa shape index (κ3) is 4.97. The molecule has 192 valence electrons. The number of benzene rings is 1. The summed E-state index contributed by atoms with van der Waals surface area (Å²) in [5.41, 5.74) is 0.837. The van der Waals surface area contributed by atoms with E-state index in [1.807, 2.05) is 23.3 Å². The minimum absolute atomic E-state index is 0.0390. The Morgan fingerprint density at radius 1 is 1.08 bits per heavy atom. The Labute approximate surface area is 208 Å². The largest absolute Gasteiger partial charge is 0.378 e. The highest BCUT2D eigenvalue weighted by Gasteiger charge is 2.33. The lowest BCUT2D eigenvalue weighted by molar-refractivity contribution is -0.140. The highest BCUT2D eigenvalue weighted by molar-refractivity contribution is 5.79. The van der Waals surface area contributed by atoms with Gasteiger partial charge in [0.2, 0.25) is 17.8 Å². The highest BCUT2D eigenvalue weighted by Crippen LogP contribution is 2.38. The van der Waals surface area contributed by atoms with Crippen LogP contribution in [-0.4, -0.2) is 62.7 Å². The van der Waals surface area contributed by atoms with Crippen LogP contribution in [-0.2, 0) is 9.53 Å². The van der Waals surface area contributed by atoms with E-state index < -0.39 is 11.6 Å². The Hall–Kier alpha value is -3.34. The summed E-state index contributed by atoms with van der Waals surface area (Å²) in [4.78, 5) is 28.5. The molecule has 1 aromatic carbocycles. The van der Waals surface area contributed by atoms with Gasteiger partial charge in [-0.3, -0.25) is 9.36 Å². The highest BCUT2D eigenvalue weighted by atomic mass is 19.1. The summed E-state index contributed by atoms with van der Waals surface area (Å²) in [5.74, 6) is -0.512. The molecule has 1 aliphatic heterocycles. The van der Waals surface area contributed by atoms with Gasteiger partial charge < -0.3 is 20.3 Å². The molecule has 0 unspecified atom stereocenters. The van der Waals surface area contributed by atoms with Crippen LogP contribution in [0.3, 0.4) is 0 Å². The number of morpholine rings is 1. The Balaban J connectivity index is 1.45. The minimum Gasteiger partial charge on any atom is -0.378 e. The van der Waals surface area contributed by atoms with Gasteiger partial charge >= 0.3 is 0 Å². The van der Waals surface area contributed by atoms with Gasteiger partial charge in [-0.2, -0.15) is 4.98 Å². The van der Waals surface area contributed by atoms with Crippen LogP contribution in [0.5, 0.6) is 0 Å². The van der Waals surface area contributed by atoms with Crippen LogP contribution < -0.4 is 10.6 Å². The van der Waals surface area contributed by atoms with E-state index in [1.165, 1.54) is 18.2 Å². The number of nitrogens with zero attached hydrogens (tertiary/aromatic N) is 5. The number of carbonyl (C=O) groups is 1. The fourth-order valence-corrected chi connectivity index (χ4v) is 5.00. The third-order valence-electron chi connectivity index (χ3n) is 6.78. The monoisotopic (exact) mass is 499 g/mol. The van der Waals surface area contributed by atoms with Gasteiger partial charge in [-0.05, 0) is 51.7 Å². The summed E-state index contributed by atoms with van der Waals surface area (Å²) in [5, 5.41) is 6.06. The lowest BCUT2D eigenvalue weighted by atomic mass is 9.85. The smallest absolute Gasteiger partial charge is 0.225 e. The maximum absolute atomic E-state index is 14.5. The van der Waals surface area contributed by atoms with Gasteiger partial charge in [-0.15, -0.1) is 0 Å². The molecule has 1 saturated heterocycles. The number of imidazole rings is 1. The van der Waals surface area contributed by atoms with Gasteiger partial charge in [-0.1, -0.05) is 6.07 Å². The SMILES string of the molecule is CC(C)Nc1ncc2nc(Nc3c(F)cccc3F)n([C@H]3CC[C@@H](C(=O)N4CCOCC4)CC3)c2n1.